The van der Waals surface area contributed by atoms with Crippen molar-refractivity contribution in [2.24, 2.45) is 0 Å². The van der Waals surface area contributed by atoms with Crippen LogP contribution < -0.4 is 16.0 Å². The summed E-state index contributed by atoms with van der Waals surface area (Å²) < 4.78 is 6.63. The zero-order valence-electron chi connectivity index (χ0n) is 8.54. The Morgan fingerprint density at radius 1 is 1.69 bits per heavy atom. The van der Waals surface area contributed by atoms with Crippen LogP contribution in [0, 0.1) is 0 Å². The number of hydrogen-bond donors (Lipinski definition) is 4. The van der Waals surface area contributed by atoms with E-state index in [2.05, 4.69) is 4.98 Å². The first kappa shape index (κ1) is 11.1. The van der Waals surface area contributed by atoms with Gasteiger partial charge in [-0.3, -0.25) is 0 Å². The van der Waals surface area contributed by atoms with Gasteiger partial charge in [0.25, 0.3) is 0 Å². The molecule has 0 amide bonds. The number of aliphatic hydroxyl groups excluding tert-OH is 2. The lowest BCUT2D eigenvalue weighted by Gasteiger charge is -2.09. The third kappa shape index (κ3) is 1.92. The highest BCUT2D eigenvalue weighted by molar-refractivity contribution is 5.21. The van der Waals surface area contributed by atoms with Crippen LogP contribution in [0.25, 0.3) is 0 Å². The molecule has 1 fully saturated rings. The van der Waals surface area contributed by atoms with Crippen LogP contribution in [0.3, 0.4) is 0 Å². The van der Waals surface area contributed by atoms with E-state index in [0.717, 1.165) is 0 Å². The normalized spacial score (nSPS) is 29.5. The summed E-state index contributed by atoms with van der Waals surface area (Å²) in [6.07, 6.45) is -0.223. The van der Waals surface area contributed by atoms with Gasteiger partial charge in [0.05, 0.1) is 12.7 Å². The maximum Gasteiger partial charge on any atom is 0.499 e. The lowest BCUT2D eigenvalue weighted by atomic mass is 10.2. The standard InChI is InChI=1S/C9H13N3O4/c10-7-1-2-12(9(15)11-7)8-3-5(14)6(4-13)16-8/h1-2,5-6,8,13-14H,3-4H2,(H2,10,11,15)/p+1/t5-,6+,8?/m0/s1. The molecule has 0 radical (unpaired) electrons. The van der Waals surface area contributed by atoms with Crippen LogP contribution in [-0.4, -0.2) is 34.0 Å². The third-order valence-electron chi connectivity index (χ3n) is 2.59. The fraction of sp³-hybridized carbons (Fsp3) is 0.556. The van der Waals surface area contributed by atoms with Gasteiger partial charge in [0.1, 0.15) is 12.3 Å². The summed E-state index contributed by atoms with van der Waals surface area (Å²) in [5.41, 5.74) is 5.00. The summed E-state index contributed by atoms with van der Waals surface area (Å²) in [4.78, 5) is 14.0. The third-order valence-corrected chi connectivity index (χ3v) is 2.59. The van der Waals surface area contributed by atoms with E-state index < -0.39 is 24.1 Å². The zero-order valence-corrected chi connectivity index (χ0v) is 8.54. The van der Waals surface area contributed by atoms with E-state index in [1.165, 1.54) is 16.8 Å². The van der Waals surface area contributed by atoms with Crippen LogP contribution in [0.4, 0.5) is 5.82 Å². The Kier molecular flexibility index (Phi) is 2.90. The molecule has 7 heteroatoms. The Balaban J connectivity index is 2.23. The van der Waals surface area contributed by atoms with Gasteiger partial charge < -0.3 is 20.7 Å². The minimum absolute atomic E-state index is 0.263. The highest BCUT2D eigenvalue weighted by Crippen LogP contribution is 2.23. The van der Waals surface area contributed by atoms with Crippen molar-refractivity contribution in [2.45, 2.75) is 24.9 Å². The van der Waals surface area contributed by atoms with Gasteiger partial charge in [0, 0.05) is 12.5 Å². The summed E-state index contributed by atoms with van der Waals surface area (Å²) >= 11 is 0. The van der Waals surface area contributed by atoms with Crippen LogP contribution in [0.15, 0.2) is 17.1 Å². The Morgan fingerprint density at radius 3 is 3.00 bits per heavy atom. The van der Waals surface area contributed by atoms with Crippen molar-refractivity contribution in [1.29, 1.82) is 0 Å². The Bertz CT molecular complexity index is 433. The van der Waals surface area contributed by atoms with Crippen LogP contribution in [-0.2, 0) is 4.74 Å². The second-order valence-electron chi connectivity index (χ2n) is 3.72. The number of rotatable bonds is 2. The number of aliphatic hydroxyl groups is 2. The molecular formula is C9H14N3O4+. The van der Waals surface area contributed by atoms with Crippen LogP contribution in [0.5, 0.6) is 0 Å². The number of H-pyrrole nitrogens is 1. The maximum absolute atomic E-state index is 11.5. The molecule has 3 atom stereocenters. The molecule has 2 rings (SSSR count). The molecule has 0 saturated carbocycles. The van der Waals surface area contributed by atoms with Crippen molar-refractivity contribution in [3.8, 4) is 0 Å². The second-order valence-corrected chi connectivity index (χ2v) is 3.72. The Hall–Kier alpha value is -1.44. The number of nitrogens with two attached hydrogens (primary N) is 1. The molecule has 1 unspecified atom stereocenters. The van der Waals surface area contributed by atoms with E-state index in [9.17, 15) is 9.90 Å². The number of nitrogens with zero attached hydrogens (tertiary/aromatic N) is 1. The number of anilines is 1. The molecule has 1 aliphatic heterocycles. The molecule has 16 heavy (non-hydrogen) atoms. The Labute approximate surface area is 91.1 Å². The molecule has 0 spiro atoms. The molecule has 1 saturated heterocycles. The number of ether oxygens (including phenoxy) is 1. The zero-order chi connectivity index (χ0) is 11.7. The van der Waals surface area contributed by atoms with Gasteiger partial charge in [-0.05, 0) is 0 Å². The summed E-state index contributed by atoms with van der Waals surface area (Å²) in [7, 11) is 0. The van der Waals surface area contributed by atoms with E-state index in [-0.39, 0.29) is 18.8 Å². The number of nitrogen functional groups attached to an aromatic ring is 1. The largest absolute Gasteiger partial charge is 0.499 e. The quantitative estimate of drug-likeness (QED) is 0.432. The van der Waals surface area contributed by atoms with Gasteiger partial charge in [-0.2, -0.15) is 14.3 Å². The highest BCUT2D eigenvalue weighted by Gasteiger charge is 2.37. The van der Waals surface area contributed by atoms with E-state index >= 15 is 0 Å². The molecule has 5 N–H and O–H groups in total. The molecule has 0 aliphatic carbocycles. The molecule has 1 aromatic heterocycles. The minimum Gasteiger partial charge on any atom is -0.394 e. The summed E-state index contributed by atoms with van der Waals surface area (Å²) in [6, 6.07) is 1.53. The average molecular weight is 228 g/mol. The molecular weight excluding hydrogens is 214 g/mol. The first-order valence-corrected chi connectivity index (χ1v) is 4.96. The number of nitrogens with one attached hydrogen (secondary N) is 1. The second kappa shape index (κ2) is 4.20. The van der Waals surface area contributed by atoms with Gasteiger partial charge in [0.2, 0.25) is 6.23 Å². The van der Waals surface area contributed by atoms with Crippen molar-refractivity contribution in [3.63, 3.8) is 0 Å². The van der Waals surface area contributed by atoms with E-state index in [0.29, 0.717) is 0 Å². The SMILES string of the molecule is Nc1cc[n+](C2C[C@H](O)[C@@H](CO)O2)c(=O)[nH]1. The molecule has 88 valence electrons. The van der Waals surface area contributed by atoms with Crippen molar-refractivity contribution in [2.75, 3.05) is 12.3 Å². The van der Waals surface area contributed by atoms with Crippen LogP contribution in [0.2, 0.25) is 0 Å². The summed E-state index contributed by atoms with van der Waals surface area (Å²) in [5, 5.41) is 18.4. The molecule has 1 aromatic rings. The fourth-order valence-electron chi connectivity index (χ4n) is 1.73. The lowest BCUT2D eigenvalue weighted by molar-refractivity contribution is -0.773. The predicted octanol–water partition coefficient (Wildman–Crippen LogP) is -2.11. The number of aromatic amines is 1. The fourth-order valence-corrected chi connectivity index (χ4v) is 1.73. The van der Waals surface area contributed by atoms with Gasteiger partial charge in [0.15, 0.2) is 5.82 Å². The minimum atomic E-state index is -0.764. The number of aromatic nitrogens is 2. The van der Waals surface area contributed by atoms with Crippen molar-refractivity contribution < 1.29 is 19.5 Å². The molecule has 2 heterocycles. The Morgan fingerprint density at radius 2 is 2.44 bits per heavy atom. The topological polar surface area (TPSA) is 112 Å². The van der Waals surface area contributed by atoms with E-state index in [1.807, 2.05) is 0 Å². The monoisotopic (exact) mass is 228 g/mol. The highest BCUT2D eigenvalue weighted by atomic mass is 16.5. The molecule has 0 bridgehead atoms. The molecule has 1 aliphatic rings. The van der Waals surface area contributed by atoms with E-state index in [4.69, 9.17) is 15.6 Å². The summed E-state index contributed by atoms with van der Waals surface area (Å²) in [6.45, 7) is -0.273. The maximum atomic E-state index is 11.5. The van der Waals surface area contributed by atoms with Crippen LogP contribution >= 0.6 is 0 Å². The van der Waals surface area contributed by atoms with Gasteiger partial charge in [-0.1, -0.05) is 0 Å². The predicted molar refractivity (Wildman–Crippen MR) is 53.3 cm³/mol. The number of hydrogen-bond acceptors (Lipinski definition) is 5. The molecule has 0 aromatic carbocycles. The van der Waals surface area contributed by atoms with Crippen molar-refractivity contribution in [1.82, 2.24) is 4.98 Å². The van der Waals surface area contributed by atoms with Gasteiger partial charge in [-0.25, -0.2) is 0 Å². The van der Waals surface area contributed by atoms with E-state index in [1.54, 1.807) is 0 Å². The van der Waals surface area contributed by atoms with Gasteiger partial charge in [-0.15, -0.1) is 0 Å². The van der Waals surface area contributed by atoms with Crippen molar-refractivity contribution >= 4 is 5.82 Å². The smallest absolute Gasteiger partial charge is 0.394 e. The average Bonchev–Trinajstić information content (AvgIpc) is 2.59. The molecule has 7 nitrogen and oxygen atoms in total. The van der Waals surface area contributed by atoms with Crippen molar-refractivity contribution in [3.05, 3.63) is 22.7 Å². The van der Waals surface area contributed by atoms with Gasteiger partial charge >= 0.3 is 5.69 Å². The first-order chi connectivity index (χ1) is 7.61. The van der Waals surface area contributed by atoms with Crippen LogP contribution in [0.1, 0.15) is 12.6 Å². The summed E-state index contributed by atoms with van der Waals surface area (Å²) in [5.74, 6) is 0.263. The lowest BCUT2D eigenvalue weighted by Crippen LogP contribution is -2.54. The first-order valence-electron chi connectivity index (χ1n) is 4.96.